The summed E-state index contributed by atoms with van der Waals surface area (Å²) in [7, 11) is 1.65. The fourth-order valence-electron chi connectivity index (χ4n) is 9.29. The Labute approximate surface area is 222 Å². The van der Waals surface area contributed by atoms with Crippen LogP contribution in [0.4, 0.5) is 5.69 Å². The molecule has 0 aromatic heterocycles. The number of carbonyl (C=O) groups is 1. The number of fused-ring (bicyclic) bond motifs is 4. The van der Waals surface area contributed by atoms with Crippen molar-refractivity contribution in [2.45, 2.75) is 80.7 Å². The van der Waals surface area contributed by atoms with Crippen molar-refractivity contribution in [3.8, 4) is 5.75 Å². The second-order valence-corrected chi connectivity index (χ2v) is 12.3. The predicted molar refractivity (Wildman–Crippen MR) is 128 cm³/mol. The van der Waals surface area contributed by atoms with Crippen LogP contribution in [0, 0.1) is 17.3 Å². The van der Waals surface area contributed by atoms with Crippen molar-refractivity contribution < 1.29 is 46.0 Å². The molecule has 0 bridgehead atoms. The van der Waals surface area contributed by atoms with Crippen LogP contribution in [0.5, 0.6) is 5.75 Å². The molecule has 9 heteroatoms. The van der Waals surface area contributed by atoms with Gasteiger partial charge in [-0.15, -0.1) is 0 Å². The molecule has 37 heavy (non-hydrogen) atoms. The number of methoxy groups -OCH3 is 1. The van der Waals surface area contributed by atoms with E-state index in [1.807, 2.05) is 24.3 Å². The van der Waals surface area contributed by atoms with Crippen LogP contribution in [-0.2, 0) is 23.7 Å². The molecule has 4 heterocycles. The number of anilines is 1. The molecule has 5 fully saturated rings. The van der Waals surface area contributed by atoms with Gasteiger partial charge in [-0.2, -0.15) is 0 Å². The number of cyclic esters (lactones) is 1. The average molecular weight is 531 g/mol. The number of carbonyl (C=O) groups excluding carboxylic acids is 1. The van der Waals surface area contributed by atoms with Crippen LogP contribution in [0.3, 0.4) is 0 Å². The van der Waals surface area contributed by atoms with Crippen molar-refractivity contribution in [3.05, 3.63) is 35.4 Å². The van der Waals surface area contributed by atoms with E-state index in [1.165, 1.54) is 0 Å². The zero-order valence-corrected chi connectivity index (χ0v) is 22.3. The van der Waals surface area contributed by atoms with Crippen LogP contribution in [0.1, 0.15) is 40.0 Å². The van der Waals surface area contributed by atoms with Crippen molar-refractivity contribution in [1.82, 2.24) is 0 Å². The minimum Gasteiger partial charge on any atom is -1.00 e. The standard InChI is InChI=1S/C28H33NO7.ClH/c1-14(2)26-21(35-26)22-28(36-22)24(3)10-9-17-18(12-33-23(17)30)19(24)11-20-27(28,34-20)25(26,31)13-29-15-5-7-16(32-4)8-6-15;/h5-8,14,19-22,29,31H,9-13H2,1-4H3;1H/p-1/t19-,20-,21-,22-,24-,25-,26-,27+,28+;/m0./s1. The summed E-state index contributed by atoms with van der Waals surface area (Å²) in [5.41, 5.74) is -0.926. The second-order valence-electron chi connectivity index (χ2n) is 12.3. The van der Waals surface area contributed by atoms with Gasteiger partial charge >= 0.3 is 5.97 Å². The van der Waals surface area contributed by atoms with E-state index in [4.69, 9.17) is 23.7 Å². The number of benzene rings is 1. The number of epoxide rings is 3. The highest BCUT2D eigenvalue weighted by atomic mass is 35.5. The summed E-state index contributed by atoms with van der Waals surface area (Å²) >= 11 is 0. The molecule has 3 aliphatic carbocycles. The summed E-state index contributed by atoms with van der Waals surface area (Å²) in [6.45, 7) is 7.18. The van der Waals surface area contributed by atoms with E-state index < -0.39 is 22.4 Å². The van der Waals surface area contributed by atoms with E-state index in [2.05, 4.69) is 26.1 Å². The maximum atomic E-state index is 12.9. The highest BCUT2D eigenvalue weighted by molar-refractivity contribution is 5.92. The van der Waals surface area contributed by atoms with Crippen LogP contribution in [-0.4, -0.2) is 72.1 Å². The number of hydrogen-bond acceptors (Lipinski definition) is 8. The summed E-state index contributed by atoms with van der Waals surface area (Å²) in [6, 6.07) is 7.72. The average Bonchev–Trinajstić information content (AvgIpc) is 3.76. The lowest BCUT2D eigenvalue weighted by molar-refractivity contribution is -0.159. The minimum absolute atomic E-state index is 0. The van der Waals surface area contributed by atoms with E-state index in [0.717, 1.165) is 35.4 Å². The lowest BCUT2D eigenvalue weighted by atomic mass is 9.44. The molecule has 4 aliphatic heterocycles. The Morgan fingerprint density at radius 1 is 1.14 bits per heavy atom. The van der Waals surface area contributed by atoms with Crippen LogP contribution in [0.15, 0.2) is 35.4 Å². The zero-order chi connectivity index (χ0) is 24.9. The molecule has 9 atom stereocenters. The van der Waals surface area contributed by atoms with Crippen molar-refractivity contribution in [3.63, 3.8) is 0 Å². The van der Waals surface area contributed by atoms with E-state index in [9.17, 15) is 9.90 Å². The molecule has 1 aromatic carbocycles. The number of ether oxygens (including phenoxy) is 5. The van der Waals surface area contributed by atoms with Crippen LogP contribution >= 0.6 is 0 Å². The van der Waals surface area contributed by atoms with Gasteiger partial charge in [-0.3, -0.25) is 0 Å². The van der Waals surface area contributed by atoms with Gasteiger partial charge in [0.15, 0.2) is 5.60 Å². The Morgan fingerprint density at radius 3 is 2.59 bits per heavy atom. The minimum atomic E-state index is -1.29. The molecule has 2 spiro atoms. The van der Waals surface area contributed by atoms with E-state index >= 15 is 0 Å². The Kier molecular flexibility index (Phi) is 4.59. The van der Waals surface area contributed by atoms with Gasteiger partial charge < -0.3 is 46.5 Å². The van der Waals surface area contributed by atoms with Gasteiger partial charge in [0.05, 0.1) is 13.2 Å². The van der Waals surface area contributed by atoms with Crippen molar-refractivity contribution in [1.29, 1.82) is 0 Å². The van der Waals surface area contributed by atoms with Gasteiger partial charge in [0, 0.05) is 23.2 Å². The first-order valence-electron chi connectivity index (χ1n) is 13.2. The Bertz CT molecular complexity index is 1240. The molecule has 200 valence electrons. The molecule has 8 nitrogen and oxygen atoms in total. The molecular formula is C28H33ClNO7-. The second kappa shape index (κ2) is 7.02. The monoisotopic (exact) mass is 530 g/mol. The first-order chi connectivity index (χ1) is 17.2. The van der Waals surface area contributed by atoms with Gasteiger partial charge in [0.25, 0.3) is 0 Å². The molecule has 3 saturated heterocycles. The van der Waals surface area contributed by atoms with Gasteiger partial charge in [-0.1, -0.05) is 20.8 Å². The van der Waals surface area contributed by atoms with E-state index in [-0.39, 0.29) is 53.9 Å². The Balaban J connectivity index is 0.00000231. The summed E-state index contributed by atoms with van der Waals surface area (Å²) in [6.07, 6.45) is 1.80. The van der Waals surface area contributed by atoms with Crippen LogP contribution < -0.4 is 22.5 Å². The molecule has 0 amide bonds. The lowest BCUT2D eigenvalue weighted by Gasteiger charge is -2.56. The molecule has 8 rings (SSSR count). The number of hydrogen-bond donors (Lipinski definition) is 2. The summed E-state index contributed by atoms with van der Waals surface area (Å²) in [4.78, 5) is 12.4. The summed E-state index contributed by atoms with van der Waals surface area (Å²) in [5.74, 6) is 0.839. The highest BCUT2D eigenvalue weighted by Gasteiger charge is 3.04. The van der Waals surface area contributed by atoms with Crippen LogP contribution in [0.2, 0.25) is 0 Å². The predicted octanol–water partition coefficient (Wildman–Crippen LogP) is -0.402. The number of nitrogens with one attached hydrogen (secondary N) is 1. The highest BCUT2D eigenvalue weighted by Crippen LogP contribution is 2.85. The fourth-order valence-corrected chi connectivity index (χ4v) is 9.29. The largest absolute Gasteiger partial charge is 1.00 e. The normalized spacial score (nSPS) is 49.3. The summed E-state index contributed by atoms with van der Waals surface area (Å²) in [5, 5.41) is 16.4. The molecule has 1 aromatic rings. The first kappa shape index (κ1) is 24.2. The van der Waals surface area contributed by atoms with Crippen molar-refractivity contribution in [2.24, 2.45) is 17.3 Å². The lowest BCUT2D eigenvalue weighted by Crippen LogP contribution is -3.00. The van der Waals surface area contributed by atoms with E-state index in [0.29, 0.717) is 19.6 Å². The Hall–Kier alpha value is -1.84. The third-order valence-electron chi connectivity index (χ3n) is 11.0. The quantitative estimate of drug-likeness (QED) is 0.391. The number of esters is 1. The number of rotatable bonds is 5. The molecular weight excluding hydrogens is 498 g/mol. The van der Waals surface area contributed by atoms with E-state index in [1.54, 1.807) is 7.11 Å². The third-order valence-corrected chi connectivity index (χ3v) is 11.0. The zero-order valence-electron chi connectivity index (χ0n) is 21.5. The SMILES string of the molecule is COc1ccc(NC[C@@]2(O)[C@]34O[C@H]3C[C@H]3C5=C(CC[C@]3(C)[C@@]43O[C@H]3[C@@H]3O[C@@]32C(C)C)C(=O)OC5)cc1.[Cl-]. The van der Waals surface area contributed by atoms with Crippen molar-refractivity contribution in [2.75, 3.05) is 25.6 Å². The fraction of sp³-hybridized carbons (Fsp3) is 0.679. The van der Waals surface area contributed by atoms with Crippen molar-refractivity contribution >= 4 is 11.7 Å². The van der Waals surface area contributed by atoms with Gasteiger partial charge in [0.2, 0.25) is 0 Å². The third kappa shape index (κ3) is 2.37. The number of aliphatic hydroxyl groups is 1. The maximum Gasteiger partial charge on any atom is 0.334 e. The van der Waals surface area contributed by atoms with Crippen LogP contribution in [0.25, 0.3) is 0 Å². The smallest absolute Gasteiger partial charge is 0.334 e. The first-order valence-corrected chi connectivity index (χ1v) is 13.2. The molecule has 2 N–H and O–H groups in total. The molecule has 0 radical (unpaired) electrons. The summed E-state index contributed by atoms with van der Waals surface area (Å²) < 4.78 is 30.7. The molecule has 2 saturated carbocycles. The molecule has 0 unspecified atom stereocenters. The van der Waals surface area contributed by atoms with Gasteiger partial charge in [-0.05, 0) is 60.9 Å². The maximum absolute atomic E-state index is 12.9. The van der Waals surface area contributed by atoms with Gasteiger partial charge in [0.1, 0.15) is 41.4 Å². The molecule has 7 aliphatic rings. The topological polar surface area (TPSA) is 105 Å². The Morgan fingerprint density at radius 2 is 1.89 bits per heavy atom. The van der Waals surface area contributed by atoms with Gasteiger partial charge in [-0.25, -0.2) is 4.79 Å². The number of halogens is 1.